The molecule has 1 aromatic heterocycles. The van der Waals surface area contributed by atoms with Crippen LogP contribution in [0.2, 0.25) is 0 Å². The van der Waals surface area contributed by atoms with E-state index in [-0.39, 0.29) is 6.61 Å². The molecule has 1 amide bonds. The first kappa shape index (κ1) is 15.3. The maximum atomic E-state index is 11.4. The molecule has 0 bridgehead atoms. The largest absolute Gasteiger partial charge is 0.486 e. The molecule has 0 aliphatic carbocycles. The summed E-state index contributed by atoms with van der Waals surface area (Å²) in [6.45, 7) is 3.49. The van der Waals surface area contributed by atoms with Crippen molar-refractivity contribution < 1.29 is 14.3 Å². The average Bonchev–Trinajstić information content (AvgIpc) is 2.61. The van der Waals surface area contributed by atoms with E-state index in [1.165, 1.54) is 0 Å². The maximum absolute atomic E-state index is 11.4. The van der Waals surface area contributed by atoms with Gasteiger partial charge in [-0.15, -0.1) is 0 Å². The van der Waals surface area contributed by atoms with Crippen LogP contribution in [0.4, 0.5) is 5.69 Å². The van der Waals surface area contributed by atoms with Crippen molar-refractivity contribution in [1.82, 2.24) is 4.98 Å². The number of para-hydroxylation sites is 1. The lowest BCUT2D eigenvalue weighted by Crippen LogP contribution is -2.36. The van der Waals surface area contributed by atoms with E-state index in [1.807, 2.05) is 12.1 Å². The summed E-state index contributed by atoms with van der Waals surface area (Å²) < 4.78 is 11.1. The molecule has 1 fully saturated rings. The first-order valence-electron chi connectivity index (χ1n) is 7.53. The molecule has 6 heteroatoms. The number of pyridine rings is 1. The highest BCUT2D eigenvalue weighted by Crippen LogP contribution is 2.20. The number of rotatable bonds is 5. The van der Waals surface area contributed by atoms with E-state index in [2.05, 4.69) is 9.88 Å². The quantitative estimate of drug-likeness (QED) is 0.907. The summed E-state index contributed by atoms with van der Waals surface area (Å²) in [7, 11) is 0. The second kappa shape index (κ2) is 7.11. The van der Waals surface area contributed by atoms with Crippen LogP contribution >= 0.6 is 0 Å². The normalized spacial score (nSPS) is 14.5. The van der Waals surface area contributed by atoms with E-state index in [0.717, 1.165) is 37.7 Å². The third-order valence-electron chi connectivity index (χ3n) is 3.70. The lowest BCUT2D eigenvalue weighted by atomic mass is 10.2. The summed E-state index contributed by atoms with van der Waals surface area (Å²) in [4.78, 5) is 18.0. The number of morpholine rings is 1. The van der Waals surface area contributed by atoms with Crippen LogP contribution in [0.5, 0.6) is 5.75 Å². The van der Waals surface area contributed by atoms with Gasteiger partial charge in [-0.05, 0) is 24.3 Å². The highest BCUT2D eigenvalue weighted by molar-refractivity contribution is 5.95. The molecule has 120 valence electrons. The van der Waals surface area contributed by atoms with Gasteiger partial charge < -0.3 is 20.1 Å². The van der Waals surface area contributed by atoms with Crippen molar-refractivity contribution in [1.29, 1.82) is 0 Å². The van der Waals surface area contributed by atoms with Gasteiger partial charge in [0.15, 0.2) is 0 Å². The minimum atomic E-state index is -0.504. The molecular formula is C17H19N3O3. The lowest BCUT2D eigenvalue weighted by molar-refractivity contribution is 0.0996. The highest BCUT2D eigenvalue weighted by Gasteiger charge is 2.13. The molecule has 23 heavy (non-hydrogen) atoms. The number of carbonyl (C=O) groups is 1. The van der Waals surface area contributed by atoms with Gasteiger partial charge in [0.2, 0.25) is 0 Å². The lowest BCUT2D eigenvalue weighted by Gasteiger charge is -2.28. The zero-order chi connectivity index (χ0) is 16.1. The molecule has 1 aliphatic heterocycles. The second-order valence-electron chi connectivity index (χ2n) is 5.25. The molecule has 2 aromatic rings. The predicted molar refractivity (Wildman–Crippen MR) is 86.6 cm³/mol. The Hall–Kier alpha value is -2.60. The molecule has 0 saturated carbocycles. The number of nitrogens with zero attached hydrogens (tertiary/aromatic N) is 2. The number of primary amides is 1. The van der Waals surface area contributed by atoms with Crippen molar-refractivity contribution >= 4 is 11.6 Å². The number of amides is 1. The second-order valence-corrected chi connectivity index (χ2v) is 5.25. The number of carbonyl (C=O) groups excluding carboxylic acids is 1. The van der Waals surface area contributed by atoms with E-state index in [1.54, 1.807) is 30.5 Å². The molecule has 3 rings (SSSR count). The average molecular weight is 313 g/mol. The van der Waals surface area contributed by atoms with Crippen molar-refractivity contribution in [2.24, 2.45) is 5.73 Å². The van der Waals surface area contributed by atoms with Crippen LogP contribution in [0, 0.1) is 0 Å². The fraction of sp³-hybridized carbons (Fsp3) is 0.294. The number of benzene rings is 1. The first-order chi connectivity index (χ1) is 11.2. The van der Waals surface area contributed by atoms with Crippen molar-refractivity contribution in [3.63, 3.8) is 0 Å². The van der Waals surface area contributed by atoms with Crippen molar-refractivity contribution in [3.05, 3.63) is 53.9 Å². The van der Waals surface area contributed by atoms with Gasteiger partial charge in [0.25, 0.3) is 5.91 Å². The topological polar surface area (TPSA) is 77.7 Å². The van der Waals surface area contributed by atoms with Gasteiger partial charge in [0.1, 0.15) is 12.4 Å². The summed E-state index contributed by atoms with van der Waals surface area (Å²) in [5.74, 6) is -0.0331. The minimum Gasteiger partial charge on any atom is -0.486 e. The van der Waals surface area contributed by atoms with E-state index >= 15 is 0 Å². The van der Waals surface area contributed by atoms with E-state index in [4.69, 9.17) is 15.2 Å². The third-order valence-corrected chi connectivity index (χ3v) is 3.70. The summed E-state index contributed by atoms with van der Waals surface area (Å²) in [6, 6.07) is 10.9. The Balaban J connectivity index is 1.70. The smallest absolute Gasteiger partial charge is 0.252 e. The van der Waals surface area contributed by atoms with Crippen LogP contribution in [0.25, 0.3) is 0 Å². The highest BCUT2D eigenvalue weighted by atomic mass is 16.5. The third kappa shape index (κ3) is 3.78. The number of nitrogens with two attached hydrogens (primary N) is 1. The molecule has 0 unspecified atom stereocenters. The predicted octanol–water partition coefficient (Wildman–Crippen LogP) is 1.60. The van der Waals surface area contributed by atoms with Gasteiger partial charge >= 0.3 is 0 Å². The van der Waals surface area contributed by atoms with Crippen LogP contribution in [0.1, 0.15) is 16.1 Å². The Kier molecular flexibility index (Phi) is 4.73. The SMILES string of the molecule is NC(=O)c1ccccc1OCc1cc(N2CCOCC2)ccn1. The fourth-order valence-corrected chi connectivity index (χ4v) is 2.51. The van der Waals surface area contributed by atoms with E-state index < -0.39 is 5.91 Å². The van der Waals surface area contributed by atoms with Crippen molar-refractivity contribution in [3.8, 4) is 5.75 Å². The molecule has 6 nitrogen and oxygen atoms in total. The van der Waals surface area contributed by atoms with Crippen LogP contribution in [-0.4, -0.2) is 37.2 Å². The fourth-order valence-electron chi connectivity index (χ4n) is 2.51. The van der Waals surface area contributed by atoms with Gasteiger partial charge in [-0.25, -0.2) is 0 Å². The summed E-state index contributed by atoms with van der Waals surface area (Å²) in [5.41, 5.74) is 7.63. The Bertz CT molecular complexity index is 684. The summed E-state index contributed by atoms with van der Waals surface area (Å²) in [5, 5.41) is 0. The molecule has 2 heterocycles. The zero-order valence-electron chi connectivity index (χ0n) is 12.8. The summed E-state index contributed by atoms with van der Waals surface area (Å²) >= 11 is 0. The molecule has 0 atom stereocenters. The van der Waals surface area contributed by atoms with Crippen molar-refractivity contribution in [2.45, 2.75) is 6.61 Å². The van der Waals surface area contributed by atoms with E-state index in [0.29, 0.717) is 11.3 Å². The Morgan fingerprint density at radius 2 is 2.04 bits per heavy atom. The van der Waals surface area contributed by atoms with Crippen molar-refractivity contribution in [2.75, 3.05) is 31.2 Å². The number of anilines is 1. The Morgan fingerprint density at radius 3 is 2.83 bits per heavy atom. The first-order valence-corrected chi connectivity index (χ1v) is 7.53. The molecule has 1 saturated heterocycles. The number of ether oxygens (including phenoxy) is 2. The van der Waals surface area contributed by atoms with Crippen LogP contribution in [0.15, 0.2) is 42.6 Å². The van der Waals surface area contributed by atoms with Crippen LogP contribution in [-0.2, 0) is 11.3 Å². The zero-order valence-corrected chi connectivity index (χ0v) is 12.8. The summed E-state index contributed by atoms with van der Waals surface area (Å²) in [6.07, 6.45) is 1.77. The molecule has 0 spiro atoms. The van der Waals surface area contributed by atoms with Gasteiger partial charge in [0.05, 0.1) is 24.5 Å². The van der Waals surface area contributed by atoms with Crippen LogP contribution in [0.3, 0.4) is 0 Å². The standard InChI is InChI=1S/C17H19N3O3/c18-17(21)15-3-1-2-4-16(15)23-12-13-11-14(5-6-19-13)20-7-9-22-10-8-20/h1-6,11H,7-10,12H2,(H2,18,21). The number of hydrogen-bond donors (Lipinski definition) is 1. The molecule has 0 radical (unpaired) electrons. The minimum absolute atomic E-state index is 0.280. The Morgan fingerprint density at radius 1 is 1.26 bits per heavy atom. The number of hydrogen-bond acceptors (Lipinski definition) is 5. The van der Waals surface area contributed by atoms with Gasteiger partial charge in [-0.2, -0.15) is 0 Å². The molecule has 1 aromatic carbocycles. The maximum Gasteiger partial charge on any atom is 0.252 e. The number of aromatic nitrogens is 1. The van der Waals surface area contributed by atoms with Gasteiger partial charge in [0, 0.05) is 25.0 Å². The van der Waals surface area contributed by atoms with Gasteiger partial charge in [-0.1, -0.05) is 12.1 Å². The van der Waals surface area contributed by atoms with E-state index in [9.17, 15) is 4.79 Å². The molecule has 2 N–H and O–H groups in total. The Labute approximate surface area is 134 Å². The molecular weight excluding hydrogens is 294 g/mol. The molecule has 1 aliphatic rings. The van der Waals surface area contributed by atoms with Gasteiger partial charge in [-0.3, -0.25) is 9.78 Å². The van der Waals surface area contributed by atoms with Crippen LogP contribution < -0.4 is 15.4 Å². The monoisotopic (exact) mass is 313 g/mol.